The largest absolute Gasteiger partial charge is 0.434 e. The number of hydrogen-bond acceptors (Lipinski definition) is 8. The number of fused-ring (bicyclic) bond motifs is 7. The van der Waals surface area contributed by atoms with E-state index in [1.165, 1.54) is 0 Å². The summed E-state index contributed by atoms with van der Waals surface area (Å²) in [5.74, 6) is 0. The lowest BCUT2D eigenvalue weighted by Crippen LogP contribution is -2.03. The maximum atomic E-state index is 9.07. The second kappa shape index (κ2) is 6.17. The fourth-order valence-electron chi connectivity index (χ4n) is 3.45. The van der Waals surface area contributed by atoms with E-state index in [1.54, 1.807) is 36.4 Å². The van der Waals surface area contributed by atoms with Crippen molar-refractivity contribution in [2.24, 2.45) is 0 Å². The predicted molar refractivity (Wildman–Crippen MR) is 105 cm³/mol. The Morgan fingerprint density at radius 2 is 0.933 bits per heavy atom. The molecule has 8 heteroatoms. The van der Waals surface area contributed by atoms with Gasteiger partial charge in [0.2, 0.25) is 11.1 Å². The summed E-state index contributed by atoms with van der Waals surface area (Å²) in [6.07, 6.45) is 0. The molecule has 2 aromatic heterocycles. The van der Waals surface area contributed by atoms with E-state index in [2.05, 4.69) is 9.97 Å². The minimum Gasteiger partial charge on any atom is -0.434 e. The molecule has 5 rings (SSSR count). The Morgan fingerprint density at radius 1 is 0.567 bits per heavy atom. The minimum absolute atomic E-state index is 0.0194. The van der Waals surface area contributed by atoms with E-state index < -0.39 is 0 Å². The lowest BCUT2D eigenvalue weighted by molar-refractivity contribution is 0.561. The zero-order valence-corrected chi connectivity index (χ0v) is 15.0. The Bertz CT molecular complexity index is 1680. The smallest absolute Gasteiger partial charge is 0.249 e. The molecule has 5 aromatic rings. The molecule has 0 unspecified atom stereocenters. The Morgan fingerprint density at radius 3 is 1.30 bits per heavy atom. The Labute approximate surface area is 167 Å². The van der Waals surface area contributed by atoms with Crippen LogP contribution < -0.4 is 11.1 Å². The van der Waals surface area contributed by atoms with Crippen LogP contribution in [0.2, 0.25) is 0 Å². The van der Waals surface area contributed by atoms with E-state index in [9.17, 15) is 0 Å². The van der Waals surface area contributed by atoms with Crippen LogP contribution in [0.4, 0.5) is 0 Å². The van der Waals surface area contributed by atoms with Gasteiger partial charge in [-0.2, -0.15) is 21.0 Å². The average Bonchev–Trinajstić information content (AvgIpc) is 3.39. The van der Waals surface area contributed by atoms with Crippen LogP contribution in [0.5, 0.6) is 0 Å². The van der Waals surface area contributed by atoms with Crippen molar-refractivity contribution in [2.75, 3.05) is 0 Å². The summed E-state index contributed by atoms with van der Waals surface area (Å²) in [4.78, 5) is 8.47. The highest BCUT2D eigenvalue weighted by Gasteiger charge is 2.14. The first kappa shape index (κ1) is 17.0. The van der Waals surface area contributed by atoms with E-state index >= 15 is 0 Å². The molecule has 0 bridgehead atoms. The Kier molecular flexibility index (Phi) is 3.49. The fraction of sp³-hybridized carbons (Fsp3) is 0. The Balaban J connectivity index is 1.91. The molecule has 0 aliphatic heterocycles. The summed E-state index contributed by atoms with van der Waals surface area (Å²) in [6.45, 7) is 0. The number of rotatable bonds is 0. The second-order valence-corrected chi connectivity index (χ2v) is 6.32. The van der Waals surface area contributed by atoms with Crippen molar-refractivity contribution in [3.05, 3.63) is 47.5 Å². The van der Waals surface area contributed by atoms with Gasteiger partial charge in [0, 0.05) is 10.8 Å². The monoisotopic (exact) mass is 386 g/mol. The normalized spacial score (nSPS) is 10.5. The summed E-state index contributed by atoms with van der Waals surface area (Å²) < 4.78 is 11.4. The van der Waals surface area contributed by atoms with Crippen molar-refractivity contribution in [1.29, 1.82) is 21.0 Å². The van der Waals surface area contributed by atoms with Crippen LogP contribution in [0.3, 0.4) is 0 Å². The number of aromatic nitrogens is 2. The van der Waals surface area contributed by atoms with Crippen LogP contribution in [0.15, 0.2) is 45.2 Å². The summed E-state index contributed by atoms with van der Waals surface area (Å²) in [5, 5.41) is 39.5. The minimum atomic E-state index is -0.196. The number of hydrogen-bond donors (Lipinski definition) is 0. The molecule has 0 spiro atoms. The summed E-state index contributed by atoms with van der Waals surface area (Å²) in [6, 6.07) is 18.0. The highest BCUT2D eigenvalue weighted by atomic mass is 16.3. The first-order valence-corrected chi connectivity index (χ1v) is 8.59. The lowest BCUT2D eigenvalue weighted by Gasteiger charge is -2.04. The number of nitrogens with zero attached hydrogens (tertiary/aromatic N) is 6. The molecule has 0 amide bonds. The summed E-state index contributed by atoms with van der Waals surface area (Å²) in [5.41, 5.74) is 1.57. The van der Waals surface area contributed by atoms with Gasteiger partial charge in [0.1, 0.15) is 35.3 Å². The molecule has 0 aliphatic rings. The molecule has 0 fully saturated rings. The van der Waals surface area contributed by atoms with Gasteiger partial charge >= 0.3 is 0 Å². The van der Waals surface area contributed by atoms with Gasteiger partial charge in [0.05, 0.1) is 0 Å². The molecule has 0 atom stereocenters. The van der Waals surface area contributed by atoms with Crippen molar-refractivity contribution < 1.29 is 8.83 Å². The molecular formula is C22H6N6O2. The van der Waals surface area contributed by atoms with Crippen LogP contribution in [0, 0.1) is 45.3 Å². The molecule has 136 valence electrons. The second-order valence-electron chi connectivity index (χ2n) is 6.32. The van der Waals surface area contributed by atoms with Crippen LogP contribution >= 0.6 is 0 Å². The zero-order chi connectivity index (χ0) is 20.8. The van der Waals surface area contributed by atoms with Crippen LogP contribution in [0.25, 0.3) is 54.9 Å². The third-order valence-corrected chi connectivity index (χ3v) is 4.77. The van der Waals surface area contributed by atoms with Gasteiger partial charge in [-0.05, 0) is 35.0 Å². The summed E-state index contributed by atoms with van der Waals surface area (Å²) >= 11 is 0. The van der Waals surface area contributed by atoms with Gasteiger partial charge in [-0.3, -0.25) is 0 Å². The van der Waals surface area contributed by atoms with Crippen molar-refractivity contribution in [3.8, 4) is 24.3 Å². The first-order valence-electron chi connectivity index (χ1n) is 8.59. The molecule has 30 heavy (non-hydrogen) atoms. The molecule has 0 aliphatic carbocycles. The van der Waals surface area contributed by atoms with E-state index in [-0.39, 0.29) is 22.2 Å². The van der Waals surface area contributed by atoms with Gasteiger partial charge in [-0.1, -0.05) is 12.1 Å². The molecule has 2 heterocycles. The number of nitriles is 4. The van der Waals surface area contributed by atoms with E-state index in [0.717, 1.165) is 21.5 Å². The van der Waals surface area contributed by atoms with Crippen molar-refractivity contribution in [1.82, 2.24) is 9.97 Å². The standard InChI is InChI=1S/C22H6N6O2/c23-7-11(8-24)21-27-17-5-3-13-14-4-6-18-20(30-22(28-18)12(9-25)10-26)16(14)2-1-15(13)19(17)29-21/h1-6H. The number of benzene rings is 3. The van der Waals surface area contributed by atoms with Gasteiger partial charge in [0.25, 0.3) is 0 Å². The van der Waals surface area contributed by atoms with E-state index in [1.807, 2.05) is 24.3 Å². The molecule has 0 N–H and O–H groups in total. The molecule has 0 radical (unpaired) electrons. The van der Waals surface area contributed by atoms with Crippen molar-refractivity contribution >= 4 is 54.9 Å². The topological polar surface area (TPSA) is 147 Å². The first-order chi connectivity index (χ1) is 14.7. The van der Waals surface area contributed by atoms with E-state index in [4.69, 9.17) is 29.9 Å². The third-order valence-electron chi connectivity index (χ3n) is 4.77. The molecule has 8 nitrogen and oxygen atoms in total. The molecular weight excluding hydrogens is 380 g/mol. The highest BCUT2D eigenvalue weighted by molar-refractivity contribution is 6.19. The molecule has 0 saturated heterocycles. The summed E-state index contributed by atoms with van der Waals surface area (Å²) in [7, 11) is 0. The SMILES string of the molecule is N#CC(C#N)=c1nc2ccc3c4ccc5nc(=C(C#N)C#N)oc5c4ccc3c2o1. The van der Waals surface area contributed by atoms with Crippen LogP contribution in [0.1, 0.15) is 0 Å². The number of oxazole rings is 2. The quantitative estimate of drug-likeness (QED) is 0.369. The van der Waals surface area contributed by atoms with Gasteiger partial charge in [0.15, 0.2) is 22.3 Å². The van der Waals surface area contributed by atoms with Gasteiger partial charge in [-0.15, -0.1) is 0 Å². The lowest BCUT2D eigenvalue weighted by atomic mass is 10.0. The average molecular weight is 386 g/mol. The van der Waals surface area contributed by atoms with Gasteiger partial charge in [-0.25, -0.2) is 9.97 Å². The van der Waals surface area contributed by atoms with Crippen LogP contribution in [-0.4, -0.2) is 9.97 Å². The molecule has 0 saturated carbocycles. The maximum absolute atomic E-state index is 9.07. The van der Waals surface area contributed by atoms with E-state index in [0.29, 0.717) is 22.2 Å². The van der Waals surface area contributed by atoms with Crippen molar-refractivity contribution in [2.45, 2.75) is 0 Å². The molecule has 3 aromatic carbocycles. The maximum Gasteiger partial charge on any atom is 0.249 e. The third kappa shape index (κ3) is 2.23. The van der Waals surface area contributed by atoms with Crippen molar-refractivity contribution in [3.63, 3.8) is 0 Å². The van der Waals surface area contributed by atoms with Gasteiger partial charge < -0.3 is 8.83 Å². The van der Waals surface area contributed by atoms with Crippen LogP contribution in [-0.2, 0) is 0 Å². The highest BCUT2D eigenvalue weighted by Crippen LogP contribution is 2.33. The fourth-order valence-corrected chi connectivity index (χ4v) is 3.45. The zero-order valence-electron chi connectivity index (χ0n) is 15.0. The Hall–Kier alpha value is -5.18. The predicted octanol–water partition coefficient (Wildman–Crippen LogP) is 2.67.